The van der Waals surface area contributed by atoms with Gasteiger partial charge in [0.15, 0.2) is 11.5 Å². The molecule has 236 valence electrons. The van der Waals surface area contributed by atoms with Crippen molar-refractivity contribution in [1.82, 2.24) is 25.0 Å². The van der Waals surface area contributed by atoms with Gasteiger partial charge in [0.2, 0.25) is 0 Å². The second-order valence-corrected chi connectivity index (χ2v) is 13.7. The summed E-state index contributed by atoms with van der Waals surface area (Å²) in [5.74, 6) is 3.03. The van der Waals surface area contributed by atoms with Crippen LogP contribution in [0, 0.1) is 29.0 Å². The topological polar surface area (TPSA) is 91.8 Å². The van der Waals surface area contributed by atoms with Crippen molar-refractivity contribution in [3.8, 4) is 16.9 Å². The summed E-state index contributed by atoms with van der Waals surface area (Å²) in [4.78, 5) is 36.3. The zero-order chi connectivity index (χ0) is 31.1. The van der Waals surface area contributed by atoms with E-state index in [1.807, 2.05) is 24.9 Å². The molecule has 45 heavy (non-hydrogen) atoms. The van der Waals surface area contributed by atoms with E-state index in [4.69, 9.17) is 4.74 Å². The second kappa shape index (κ2) is 12.0. The fraction of sp³-hybridized carbons (Fsp3) is 0.514. The molecule has 4 saturated carbocycles. The van der Waals surface area contributed by atoms with Gasteiger partial charge in [0.05, 0.1) is 12.8 Å². The first kappa shape index (κ1) is 29.6. The van der Waals surface area contributed by atoms with Gasteiger partial charge in [0.25, 0.3) is 11.8 Å². The second-order valence-electron chi connectivity index (χ2n) is 13.7. The summed E-state index contributed by atoms with van der Waals surface area (Å²) in [5, 5.41) is 8.70. The number of anilines is 1. The Balaban J connectivity index is 0.937. The van der Waals surface area contributed by atoms with Gasteiger partial charge in [-0.05, 0) is 98.9 Å². The number of carbonyl (C=O) groups excluding carboxylic acids is 2. The van der Waals surface area contributed by atoms with E-state index in [9.17, 15) is 9.59 Å². The van der Waals surface area contributed by atoms with Crippen LogP contribution in [-0.4, -0.2) is 83.2 Å². The number of aromatic nitrogens is 3. The SMILES string of the molecule is CCOc1cncc(-c2ccc(C(=O)N3CCN(c4ccc(C(=O)N(C)CC56CC7CC(CC(C7)C5)C6)nn4)CC3)cc2F)c1. The van der Waals surface area contributed by atoms with Crippen molar-refractivity contribution in [2.24, 2.45) is 23.2 Å². The maximum Gasteiger partial charge on any atom is 0.274 e. The monoisotopic (exact) mass is 612 g/mol. The Bertz CT molecular complexity index is 1540. The highest BCUT2D eigenvalue weighted by Gasteiger charge is 2.51. The smallest absolute Gasteiger partial charge is 0.274 e. The van der Waals surface area contributed by atoms with Crippen molar-refractivity contribution in [3.05, 3.63) is 65.9 Å². The summed E-state index contributed by atoms with van der Waals surface area (Å²) < 4.78 is 20.6. The summed E-state index contributed by atoms with van der Waals surface area (Å²) in [7, 11) is 1.91. The zero-order valence-electron chi connectivity index (χ0n) is 26.1. The Kier molecular flexibility index (Phi) is 7.91. The maximum atomic E-state index is 15.1. The molecule has 0 atom stereocenters. The van der Waals surface area contributed by atoms with Crippen LogP contribution in [0.25, 0.3) is 11.1 Å². The van der Waals surface area contributed by atoms with Crippen molar-refractivity contribution in [2.45, 2.75) is 45.4 Å². The predicted octanol–water partition coefficient (Wildman–Crippen LogP) is 5.33. The van der Waals surface area contributed by atoms with Crippen LogP contribution in [0.4, 0.5) is 10.2 Å². The summed E-state index contributed by atoms with van der Waals surface area (Å²) >= 11 is 0. The third kappa shape index (κ3) is 5.99. The maximum absolute atomic E-state index is 15.1. The Morgan fingerprint density at radius 1 is 0.956 bits per heavy atom. The molecule has 1 saturated heterocycles. The fourth-order valence-electron chi connectivity index (χ4n) is 8.88. The lowest BCUT2D eigenvalue weighted by molar-refractivity contribution is -0.0629. The Morgan fingerprint density at radius 2 is 1.67 bits per heavy atom. The predicted molar refractivity (Wildman–Crippen MR) is 169 cm³/mol. The summed E-state index contributed by atoms with van der Waals surface area (Å²) in [6.07, 6.45) is 11.1. The summed E-state index contributed by atoms with van der Waals surface area (Å²) in [5.41, 5.74) is 1.91. The van der Waals surface area contributed by atoms with Crippen LogP contribution < -0.4 is 9.64 Å². The number of piperazine rings is 1. The van der Waals surface area contributed by atoms with Crippen molar-refractivity contribution >= 4 is 17.6 Å². The van der Waals surface area contributed by atoms with Crippen molar-refractivity contribution in [3.63, 3.8) is 0 Å². The molecule has 0 spiro atoms. The van der Waals surface area contributed by atoms with Crippen LogP contribution in [0.1, 0.15) is 66.3 Å². The molecule has 0 N–H and O–H groups in total. The van der Waals surface area contributed by atoms with E-state index < -0.39 is 5.82 Å². The summed E-state index contributed by atoms with van der Waals surface area (Å²) in [6, 6.07) is 9.91. The van der Waals surface area contributed by atoms with Crippen LogP contribution in [0.5, 0.6) is 5.75 Å². The molecule has 0 unspecified atom stereocenters. The molecule has 1 aliphatic heterocycles. The highest BCUT2D eigenvalue weighted by Crippen LogP contribution is 2.60. The van der Waals surface area contributed by atoms with Crippen molar-refractivity contribution < 1.29 is 18.7 Å². The molecule has 9 nitrogen and oxygen atoms in total. The number of amides is 2. The molecule has 10 heteroatoms. The molecule has 8 rings (SSSR count). The summed E-state index contributed by atoms with van der Waals surface area (Å²) in [6.45, 7) is 5.25. The number of hydrogen-bond donors (Lipinski definition) is 0. The van der Waals surface area contributed by atoms with Gasteiger partial charge in [-0.25, -0.2) is 4.39 Å². The van der Waals surface area contributed by atoms with E-state index in [0.717, 1.165) is 24.3 Å². The van der Waals surface area contributed by atoms with Crippen molar-refractivity contribution in [2.75, 3.05) is 51.3 Å². The third-order valence-corrected chi connectivity index (χ3v) is 10.4. The number of hydrogen-bond acceptors (Lipinski definition) is 7. The molecule has 1 aromatic carbocycles. The first-order valence-corrected chi connectivity index (χ1v) is 16.3. The fourth-order valence-corrected chi connectivity index (χ4v) is 8.88. The highest BCUT2D eigenvalue weighted by molar-refractivity contribution is 5.95. The molecule has 4 aliphatic carbocycles. The van der Waals surface area contributed by atoms with Gasteiger partial charge < -0.3 is 19.4 Å². The van der Waals surface area contributed by atoms with Crippen LogP contribution in [-0.2, 0) is 0 Å². The molecule has 2 amide bonds. The molecule has 0 radical (unpaired) electrons. The number of carbonyl (C=O) groups is 2. The van der Waals surface area contributed by atoms with E-state index >= 15 is 4.39 Å². The van der Waals surface area contributed by atoms with E-state index in [1.165, 1.54) is 44.6 Å². The van der Waals surface area contributed by atoms with Gasteiger partial charge in [-0.15, -0.1) is 10.2 Å². The van der Waals surface area contributed by atoms with Gasteiger partial charge in [-0.3, -0.25) is 14.6 Å². The minimum atomic E-state index is -0.483. The van der Waals surface area contributed by atoms with Crippen LogP contribution in [0.15, 0.2) is 48.8 Å². The lowest BCUT2D eigenvalue weighted by Crippen LogP contribution is -2.51. The quantitative estimate of drug-likeness (QED) is 0.340. The Morgan fingerprint density at radius 3 is 2.29 bits per heavy atom. The van der Waals surface area contributed by atoms with Gasteiger partial charge in [0, 0.05) is 62.7 Å². The van der Waals surface area contributed by atoms with Gasteiger partial charge in [0.1, 0.15) is 11.6 Å². The molecular weight excluding hydrogens is 571 g/mol. The van der Waals surface area contributed by atoms with Crippen LogP contribution >= 0.6 is 0 Å². The van der Waals surface area contributed by atoms with Crippen LogP contribution in [0.2, 0.25) is 0 Å². The molecule has 5 fully saturated rings. The number of rotatable bonds is 8. The Hall–Kier alpha value is -4.08. The normalized spacial score (nSPS) is 25.4. The van der Waals surface area contributed by atoms with E-state index in [-0.39, 0.29) is 17.2 Å². The molecule has 4 bridgehead atoms. The van der Waals surface area contributed by atoms with E-state index in [1.54, 1.807) is 41.6 Å². The minimum Gasteiger partial charge on any atom is -0.492 e. The van der Waals surface area contributed by atoms with E-state index in [0.29, 0.717) is 66.7 Å². The largest absolute Gasteiger partial charge is 0.492 e. The number of ether oxygens (including phenoxy) is 1. The lowest BCUT2D eigenvalue weighted by Gasteiger charge is -2.57. The first-order valence-electron chi connectivity index (χ1n) is 16.3. The molecule has 2 aromatic heterocycles. The third-order valence-electron chi connectivity index (χ3n) is 10.4. The Labute approximate surface area is 263 Å². The van der Waals surface area contributed by atoms with Gasteiger partial charge in [-0.1, -0.05) is 6.07 Å². The minimum absolute atomic E-state index is 0.0725. The molecule has 3 heterocycles. The standard InChI is InChI=1S/C35H41FN6O3/c1-3-45-28-15-27(20-37-21-28)29-5-4-26(16-30(29)36)33(43)42-10-8-41(9-11-42)32-7-6-31(38-39-32)34(44)40(2)22-35-17-23-12-24(18-35)14-25(13-23)19-35/h4-7,15-16,20-21,23-25H,3,8-14,17-19,22H2,1-2H3. The lowest BCUT2D eigenvalue weighted by atomic mass is 9.49. The first-order chi connectivity index (χ1) is 21.8. The van der Waals surface area contributed by atoms with Crippen LogP contribution in [0.3, 0.4) is 0 Å². The number of benzene rings is 1. The molecular formula is C35H41FN6O3. The zero-order valence-corrected chi connectivity index (χ0v) is 26.1. The molecule has 5 aliphatic rings. The molecule has 3 aromatic rings. The van der Waals surface area contributed by atoms with E-state index in [2.05, 4.69) is 20.1 Å². The van der Waals surface area contributed by atoms with Gasteiger partial charge >= 0.3 is 0 Å². The average molecular weight is 613 g/mol. The van der Waals surface area contributed by atoms with Gasteiger partial charge in [-0.2, -0.15) is 0 Å². The number of pyridine rings is 1. The number of nitrogens with zero attached hydrogens (tertiary/aromatic N) is 6. The van der Waals surface area contributed by atoms with Crippen molar-refractivity contribution in [1.29, 1.82) is 0 Å². The average Bonchev–Trinajstić information content (AvgIpc) is 3.03. The number of halogens is 1. The highest BCUT2D eigenvalue weighted by atomic mass is 19.1.